The highest BCUT2D eigenvalue weighted by molar-refractivity contribution is 7.27. The topological polar surface area (TPSA) is 9.86 Å². The minimum Gasteiger partial charge on any atom is -0.309 e. The summed E-state index contributed by atoms with van der Waals surface area (Å²) in [5.41, 5.74) is 16.6. The van der Waals surface area contributed by atoms with Crippen molar-refractivity contribution in [3.63, 3.8) is 0 Å². The van der Waals surface area contributed by atoms with Gasteiger partial charge in [0.1, 0.15) is 0 Å². The third-order valence-electron chi connectivity index (χ3n) is 19.0. The minimum atomic E-state index is -3.31. The molecule has 1 aliphatic rings. The zero-order valence-corrected chi connectivity index (χ0v) is 50.4. The fourth-order valence-corrected chi connectivity index (χ4v) is 26.7. The summed E-state index contributed by atoms with van der Waals surface area (Å²) >= 11 is 0. The first-order valence-electron chi connectivity index (χ1n) is 30.6. The highest BCUT2D eigenvalue weighted by Crippen LogP contribution is 2.44. The quantitative estimate of drug-likeness (QED) is 0.134. The van der Waals surface area contributed by atoms with E-state index < -0.39 is 16.1 Å². The Balaban J connectivity index is 0.932. The van der Waals surface area contributed by atoms with E-state index in [4.69, 9.17) is 0 Å². The second-order valence-electron chi connectivity index (χ2n) is 23.3. The molecule has 0 unspecified atom stereocenters. The summed E-state index contributed by atoms with van der Waals surface area (Å²) in [7, 11) is -6.58. The summed E-state index contributed by atoms with van der Waals surface area (Å²) in [6.07, 6.45) is 0. The SMILES string of the molecule is c1ccc([Si]2(c3ccccc3)c3ccccc3-c3ccc(-c4ccccc4-c4ccccc4-n4c5ccccc5c5cc(-n6c7ccccc7c7ccccc76)ccc54)cc3-c3ccccc3[Si](c3ccccc3)(c3ccccc3)c3ccccc32)cc1. The van der Waals surface area contributed by atoms with Crippen LogP contribution in [0.1, 0.15) is 0 Å². The third-order valence-corrected chi connectivity index (χ3v) is 29.0. The second-order valence-corrected chi connectivity index (χ2v) is 30.8. The summed E-state index contributed by atoms with van der Waals surface area (Å²) in [5, 5.41) is 16.0. The fourth-order valence-electron chi connectivity index (χ4n) is 15.4. The van der Waals surface area contributed by atoms with E-state index in [1.54, 1.807) is 0 Å². The predicted molar refractivity (Wildman–Crippen MR) is 378 cm³/mol. The first-order valence-corrected chi connectivity index (χ1v) is 34.6. The van der Waals surface area contributed by atoms with Gasteiger partial charge in [0.25, 0.3) is 0 Å². The molecule has 0 amide bonds. The van der Waals surface area contributed by atoms with Crippen LogP contribution in [0.4, 0.5) is 0 Å². The van der Waals surface area contributed by atoms with Gasteiger partial charge in [-0.15, -0.1) is 0 Å². The van der Waals surface area contributed by atoms with Crippen LogP contribution in [-0.4, -0.2) is 25.3 Å². The van der Waals surface area contributed by atoms with Crippen molar-refractivity contribution in [3.05, 3.63) is 352 Å². The standard InChI is InChI=1S/C84H58N2Si2/c1-5-29-61(30-6-1)87(62-31-7-2-8-32-62)81-49-25-19-43-72(81)67-55-53-59(57-74(67)73-44-20-26-50-82(73)88(63-33-9-3-10-34-63,64-35-11-4-12-36-64)84-52-28-27-51-83(84)87)65-37-13-14-38-66(65)68-39-15-23-47-78(68)86-79-48-24-18-42-71(79)75-58-60(54-56-80(75)86)85-76-45-21-16-40-69(76)70-41-17-22-46-77(70)85/h1-58H. The van der Waals surface area contributed by atoms with Crippen LogP contribution < -0.4 is 41.5 Å². The first kappa shape index (κ1) is 51.5. The zero-order chi connectivity index (χ0) is 58.2. The Morgan fingerprint density at radius 1 is 0.193 bits per heavy atom. The molecule has 0 fully saturated rings. The van der Waals surface area contributed by atoms with Crippen LogP contribution in [0.15, 0.2) is 352 Å². The van der Waals surface area contributed by atoms with Crippen molar-refractivity contribution in [1.29, 1.82) is 0 Å². The molecule has 0 spiro atoms. The molecule has 2 nitrogen and oxygen atoms in total. The van der Waals surface area contributed by atoms with Gasteiger partial charge in [-0.3, -0.25) is 0 Å². The molecule has 2 aromatic heterocycles. The lowest BCUT2D eigenvalue weighted by Gasteiger charge is -2.44. The highest BCUT2D eigenvalue weighted by atomic mass is 28.3. The number of fused-ring (bicyclic) bond motifs is 12. The van der Waals surface area contributed by atoms with E-state index >= 15 is 0 Å². The molecule has 1 aliphatic heterocycles. The molecule has 16 aromatic rings. The van der Waals surface area contributed by atoms with E-state index in [9.17, 15) is 0 Å². The molecule has 0 N–H and O–H groups in total. The Kier molecular flexibility index (Phi) is 12.3. The van der Waals surface area contributed by atoms with Crippen molar-refractivity contribution in [2.24, 2.45) is 0 Å². The van der Waals surface area contributed by atoms with Crippen molar-refractivity contribution >= 4 is 101 Å². The van der Waals surface area contributed by atoms with Crippen molar-refractivity contribution < 1.29 is 0 Å². The second kappa shape index (κ2) is 21.0. The van der Waals surface area contributed by atoms with E-state index in [0.29, 0.717) is 0 Å². The van der Waals surface area contributed by atoms with Crippen LogP contribution in [0.5, 0.6) is 0 Å². The van der Waals surface area contributed by atoms with E-state index in [1.165, 1.54) is 113 Å². The van der Waals surface area contributed by atoms with Crippen LogP contribution >= 0.6 is 0 Å². The molecule has 0 atom stereocenters. The van der Waals surface area contributed by atoms with Crippen LogP contribution in [-0.2, 0) is 0 Å². The molecule has 4 heteroatoms. The monoisotopic (exact) mass is 1150 g/mol. The Hall–Kier alpha value is -10.9. The van der Waals surface area contributed by atoms with Gasteiger partial charge >= 0.3 is 0 Å². The number of nitrogens with zero attached hydrogens (tertiary/aromatic N) is 2. The lowest BCUT2D eigenvalue weighted by molar-refractivity contribution is 1.17. The van der Waals surface area contributed by atoms with Gasteiger partial charge in [-0.05, 0) is 129 Å². The Morgan fingerprint density at radius 2 is 0.545 bits per heavy atom. The third kappa shape index (κ3) is 7.72. The van der Waals surface area contributed by atoms with E-state index in [-0.39, 0.29) is 0 Å². The number of hydrogen-bond acceptors (Lipinski definition) is 0. The normalized spacial score (nSPS) is 13.2. The molecule has 412 valence electrons. The largest absolute Gasteiger partial charge is 0.309 e. The molecule has 0 aliphatic carbocycles. The van der Waals surface area contributed by atoms with Crippen molar-refractivity contribution in [3.8, 4) is 55.9 Å². The first-order chi connectivity index (χ1) is 43.7. The Labute approximate surface area is 514 Å². The van der Waals surface area contributed by atoms with Gasteiger partial charge in [-0.25, -0.2) is 0 Å². The molecule has 3 heterocycles. The molecule has 17 rings (SSSR count). The summed E-state index contributed by atoms with van der Waals surface area (Å²) in [6.45, 7) is 0. The maximum Gasteiger partial charge on any atom is 0.180 e. The van der Waals surface area contributed by atoms with E-state index in [1.807, 2.05) is 0 Å². The minimum absolute atomic E-state index is 1.13. The van der Waals surface area contributed by atoms with E-state index in [0.717, 1.165) is 28.0 Å². The van der Waals surface area contributed by atoms with Gasteiger partial charge in [0.15, 0.2) is 16.1 Å². The molecule has 0 bridgehead atoms. The van der Waals surface area contributed by atoms with Gasteiger partial charge < -0.3 is 9.13 Å². The summed E-state index contributed by atoms with van der Waals surface area (Å²) in [4.78, 5) is 0. The van der Waals surface area contributed by atoms with Gasteiger partial charge in [0.05, 0.1) is 27.8 Å². The number of aromatic nitrogens is 2. The number of para-hydroxylation sites is 4. The molecule has 14 aromatic carbocycles. The summed E-state index contributed by atoms with van der Waals surface area (Å²) in [5.74, 6) is 0. The Morgan fingerprint density at radius 3 is 1.06 bits per heavy atom. The van der Waals surface area contributed by atoms with Gasteiger partial charge in [0.2, 0.25) is 0 Å². The zero-order valence-electron chi connectivity index (χ0n) is 48.4. The number of rotatable bonds is 8. The average molecular weight is 1150 g/mol. The van der Waals surface area contributed by atoms with Crippen LogP contribution in [0.3, 0.4) is 0 Å². The lowest BCUT2D eigenvalue weighted by atomic mass is 9.88. The molecule has 0 saturated heterocycles. The van der Waals surface area contributed by atoms with Crippen molar-refractivity contribution in [2.45, 2.75) is 0 Å². The van der Waals surface area contributed by atoms with Crippen LogP contribution in [0, 0.1) is 0 Å². The fraction of sp³-hybridized carbons (Fsp3) is 0. The van der Waals surface area contributed by atoms with Gasteiger partial charge in [-0.1, -0.05) is 303 Å². The Bertz CT molecular complexity index is 5200. The molecular formula is C84H58N2Si2. The molecule has 88 heavy (non-hydrogen) atoms. The smallest absolute Gasteiger partial charge is 0.180 e. The van der Waals surface area contributed by atoms with Gasteiger partial charge in [-0.2, -0.15) is 0 Å². The average Bonchev–Trinajstić information content (AvgIpc) is 0.935. The summed E-state index contributed by atoms with van der Waals surface area (Å²) < 4.78 is 4.93. The lowest BCUT2D eigenvalue weighted by Crippen LogP contribution is -2.85. The maximum absolute atomic E-state index is 3.31. The van der Waals surface area contributed by atoms with Gasteiger partial charge in [0, 0.05) is 32.8 Å². The van der Waals surface area contributed by atoms with E-state index in [2.05, 4.69) is 361 Å². The number of benzene rings is 14. The summed E-state index contributed by atoms with van der Waals surface area (Å²) in [6, 6.07) is 134. The molecule has 0 saturated carbocycles. The maximum atomic E-state index is 2.54. The number of hydrogen-bond donors (Lipinski definition) is 0. The predicted octanol–water partition coefficient (Wildman–Crippen LogP) is 15.6. The highest BCUT2D eigenvalue weighted by Gasteiger charge is 2.52. The van der Waals surface area contributed by atoms with Crippen LogP contribution in [0.25, 0.3) is 99.5 Å². The van der Waals surface area contributed by atoms with Crippen molar-refractivity contribution in [2.75, 3.05) is 0 Å². The van der Waals surface area contributed by atoms with Crippen LogP contribution in [0.2, 0.25) is 0 Å². The van der Waals surface area contributed by atoms with Crippen molar-refractivity contribution in [1.82, 2.24) is 9.13 Å². The molecular weight excluding hydrogens is 1090 g/mol. The molecule has 0 radical (unpaired) electrons.